The number of nitrogens with zero attached hydrogens (tertiary/aromatic N) is 2. The van der Waals surface area contributed by atoms with Gasteiger partial charge in [0.25, 0.3) is 0 Å². The smallest absolute Gasteiger partial charge is 0.321 e. The number of rotatable bonds is 3. The van der Waals surface area contributed by atoms with E-state index in [1.165, 1.54) is 0 Å². The molecular formula is C12H23N3O. The van der Waals surface area contributed by atoms with Gasteiger partial charge >= 0.3 is 6.03 Å². The molecule has 1 heterocycles. The molecule has 16 heavy (non-hydrogen) atoms. The molecule has 0 unspecified atom stereocenters. The van der Waals surface area contributed by atoms with Crippen LogP contribution in [-0.4, -0.2) is 48.6 Å². The fourth-order valence-corrected chi connectivity index (χ4v) is 2.02. The summed E-state index contributed by atoms with van der Waals surface area (Å²) in [5, 5.41) is 3.05. The van der Waals surface area contributed by atoms with Crippen molar-refractivity contribution in [1.82, 2.24) is 15.1 Å². The van der Waals surface area contributed by atoms with E-state index in [-0.39, 0.29) is 11.6 Å². The van der Waals surface area contributed by atoms with Gasteiger partial charge in [-0.2, -0.15) is 0 Å². The van der Waals surface area contributed by atoms with Crippen LogP contribution in [0.2, 0.25) is 0 Å². The molecule has 0 bridgehead atoms. The highest BCUT2D eigenvalue weighted by Crippen LogP contribution is 2.09. The number of hydrogen-bond donors (Lipinski definition) is 1. The summed E-state index contributed by atoms with van der Waals surface area (Å²) >= 11 is 0. The Bertz CT molecular complexity index is 271. The predicted octanol–water partition coefficient (Wildman–Crippen LogP) is 1.65. The van der Waals surface area contributed by atoms with E-state index in [2.05, 4.69) is 10.2 Å². The molecule has 0 saturated carbocycles. The topological polar surface area (TPSA) is 35.6 Å². The van der Waals surface area contributed by atoms with E-state index in [0.29, 0.717) is 0 Å². The van der Waals surface area contributed by atoms with E-state index < -0.39 is 0 Å². The Hall–Kier alpha value is -1.03. The summed E-state index contributed by atoms with van der Waals surface area (Å²) in [6.45, 7) is 5.73. The number of allylic oxidation sites excluding steroid dienone is 1. The van der Waals surface area contributed by atoms with Gasteiger partial charge in [-0.25, -0.2) is 4.79 Å². The summed E-state index contributed by atoms with van der Waals surface area (Å²) in [5.74, 6) is 0. The zero-order valence-electron chi connectivity index (χ0n) is 10.8. The van der Waals surface area contributed by atoms with E-state index >= 15 is 0 Å². The Labute approximate surface area is 98.3 Å². The Morgan fingerprint density at radius 3 is 2.69 bits per heavy atom. The van der Waals surface area contributed by atoms with Gasteiger partial charge in [-0.3, -0.25) is 0 Å². The van der Waals surface area contributed by atoms with Crippen LogP contribution in [0.3, 0.4) is 0 Å². The molecule has 0 aliphatic carbocycles. The summed E-state index contributed by atoms with van der Waals surface area (Å²) in [6, 6.07) is 0.00259. The summed E-state index contributed by atoms with van der Waals surface area (Å²) in [4.78, 5) is 15.8. The molecule has 0 fully saturated rings. The summed E-state index contributed by atoms with van der Waals surface area (Å²) in [6.07, 6.45) is 6.05. The minimum absolute atomic E-state index is 0.00259. The highest BCUT2D eigenvalue weighted by Gasteiger charge is 2.23. The first-order valence-corrected chi connectivity index (χ1v) is 5.81. The van der Waals surface area contributed by atoms with Crippen molar-refractivity contribution in [3.8, 4) is 0 Å². The molecule has 1 aliphatic rings. The third-order valence-corrected chi connectivity index (χ3v) is 2.47. The van der Waals surface area contributed by atoms with E-state index in [9.17, 15) is 4.79 Å². The number of likely N-dealkylation sites (N-methyl/N-ethyl adjacent to an activating group) is 1. The van der Waals surface area contributed by atoms with Gasteiger partial charge < -0.3 is 15.1 Å². The SMILES string of the molecule is CN(C)CC(C)(C)NC(=O)N1C=CCCC1. The predicted molar refractivity (Wildman–Crippen MR) is 66.2 cm³/mol. The van der Waals surface area contributed by atoms with Crippen LogP contribution in [0.25, 0.3) is 0 Å². The van der Waals surface area contributed by atoms with E-state index in [4.69, 9.17) is 0 Å². The number of nitrogens with one attached hydrogen (secondary N) is 1. The lowest BCUT2D eigenvalue weighted by Gasteiger charge is -2.32. The van der Waals surface area contributed by atoms with Crippen molar-refractivity contribution < 1.29 is 4.79 Å². The van der Waals surface area contributed by atoms with Crippen LogP contribution in [0, 0.1) is 0 Å². The fourth-order valence-electron chi connectivity index (χ4n) is 2.02. The normalized spacial score (nSPS) is 16.7. The van der Waals surface area contributed by atoms with Gasteiger partial charge in [-0.1, -0.05) is 6.08 Å². The molecule has 4 nitrogen and oxygen atoms in total. The molecule has 92 valence electrons. The third-order valence-electron chi connectivity index (χ3n) is 2.47. The molecule has 0 aromatic rings. The first-order chi connectivity index (χ1) is 7.41. The van der Waals surface area contributed by atoms with Crippen molar-refractivity contribution in [1.29, 1.82) is 0 Å². The van der Waals surface area contributed by atoms with Gasteiger partial charge in [0.1, 0.15) is 0 Å². The molecule has 0 radical (unpaired) electrons. The number of carbonyl (C=O) groups excluding carboxylic acids is 1. The van der Waals surface area contributed by atoms with Crippen LogP contribution in [0.4, 0.5) is 4.79 Å². The molecule has 1 aliphatic heterocycles. The van der Waals surface area contributed by atoms with Crippen LogP contribution in [0.1, 0.15) is 26.7 Å². The molecule has 0 aromatic heterocycles. The molecule has 0 aromatic carbocycles. The van der Waals surface area contributed by atoms with E-state index in [1.54, 1.807) is 4.90 Å². The van der Waals surface area contributed by atoms with Crippen molar-refractivity contribution in [2.45, 2.75) is 32.2 Å². The van der Waals surface area contributed by atoms with Gasteiger partial charge in [0, 0.05) is 24.8 Å². The maximum atomic E-state index is 11.9. The van der Waals surface area contributed by atoms with Crippen LogP contribution < -0.4 is 5.32 Å². The first-order valence-electron chi connectivity index (χ1n) is 5.81. The molecule has 1 rings (SSSR count). The van der Waals surface area contributed by atoms with Crippen LogP contribution in [0.15, 0.2) is 12.3 Å². The monoisotopic (exact) mass is 225 g/mol. The fraction of sp³-hybridized carbons (Fsp3) is 0.750. The summed E-state index contributed by atoms with van der Waals surface area (Å²) < 4.78 is 0. The number of amides is 2. The molecule has 0 atom stereocenters. The second kappa shape index (κ2) is 5.34. The van der Waals surface area contributed by atoms with Crippen molar-refractivity contribution in [2.24, 2.45) is 0 Å². The lowest BCUT2D eigenvalue weighted by Crippen LogP contribution is -2.53. The number of hydrogen-bond acceptors (Lipinski definition) is 2. The van der Waals surface area contributed by atoms with E-state index in [1.807, 2.05) is 40.2 Å². The quantitative estimate of drug-likeness (QED) is 0.792. The van der Waals surface area contributed by atoms with Crippen molar-refractivity contribution in [3.63, 3.8) is 0 Å². The molecule has 2 amide bonds. The zero-order chi connectivity index (χ0) is 12.2. The van der Waals surface area contributed by atoms with Crippen molar-refractivity contribution in [2.75, 3.05) is 27.2 Å². The standard InChI is InChI=1S/C12H23N3O/c1-12(2,10-14(3)4)13-11(16)15-8-6-5-7-9-15/h6,8H,5,7,9-10H2,1-4H3,(H,13,16). The van der Waals surface area contributed by atoms with Gasteiger partial charge in [-0.05, 0) is 40.8 Å². The van der Waals surface area contributed by atoms with Crippen molar-refractivity contribution in [3.05, 3.63) is 12.3 Å². The zero-order valence-corrected chi connectivity index (χ0v) is 10.8. The summed E-state index contributed by atoms with van der Waals surface area (Å²) in [5.41, 5.74) is -0.203. The number of carbonyl (C=O) groups is 1. The molecule has 1 N–H and O–H groups in total. The second-order valence-corrected chi connectivity index (χ2v) is 5.27. The molecule has 4 heteroatoms. The maximum absolute atomic E-state index is 11.9. The highest BCUT2D eigenvalue weighted by atomic mass is 16.2. The Morgan fingerprint density at radius 2 is 2.19 bits per heavy atom. The third kappa shape index (κ3) is 4.23. The van der Waals surface area contributed by atoms with Gasteiger partial charge in [-0.15, -0.1) is 0 Å². The largest absolute Gasteiger partial charge is 0.332 e. The maximum Gasteiger partial charge on any atom is 0.321 e. The Kier molecular flexibility index (Phi) is 4.35. The Morgan fingerprint density at radius 1 is 1.50 bits per heavy atom. The second-order valence-electron chi connectivity index (χ2n) is 5.27. The molecular weight excluding hydrogens is 202 g/mol. The number of urea groups is 1. The van der Waals surface area contributed by atoms with Gasteiger partial charge in [0.05, 0.1) is 0 Å². The lowest BCUT2D eigenvalue weighted by atomic mass is 10.1. The Balaban J connectivity index is 2.49. The lowest BCUT2D eigenvalue weighted by molar-refractivity contribution is 0.192. The van der Waals surface area contributed by atoms with Crippen LogP contribution in [-0.2, 0) is 0 Å². The average molecular weight is 225 g/mol. The summed E-state index contributed by atoms with van der Waals surface area (Å²) in [7, 11) is 4.02. The van der Waals surface area contributed by atoms with E-state index in [0.717, 1.165) is 25.9 Å². The highest BCUT2D eigenvalue weighted by molar-refractivity contribution is 5.76. The minimum atomic E-state index is -0.203. The van der Waals surface area contributed by atoms with Crippen LogP contribution >= 0.6 is 0 Å². The minimum Gasteiger partial charge on any atom is -0.332 e. The van der Waals surface area contributed by atoms with Crippen LogP contribution in [0.5, 0.6) is 0 Å². The average Bonchev–Trinajstić information content (AvgIpc) is 2.16. The van der Waals surface area contributed by atoms with Gasteiger partial charge in [0.15, 0.2) is 0 Å². The molecule has 0 spiro atoms. The first kappa shape index (κ1) is 13.0. The van der Waals surface area contributed by atoms with Gasteiger partial charge in [0.2, 0.25) is 0 Å². The molecule has 0 saturated heterocycles. The van der Waals surface area contributed by atoms with Crippen molar-refractivity contribution >= 4 is 6.03 Å².